The molecule has 0 bridgehead atoms. The molecule has 0 saturated heterocycles. The summed E-state index contributed by atoms with van der Waals surface area (Å²) in [5, 5.41) is 0. The van der Waals surface area contributed by atoms with Crippen LogP contribution in [0.1, 0.15) is 22.7 Å². The third-order valence-corrected chi connectivity index (χ3v) is 3.04. The molecule has 2 rings (SSSR count). The van der Waals surface area contributed by atoms with Crippen LogP contribution < -0.4 is 10.6 Å². The lowest BCUT2D eigenvalue weighted by molar-refractivity contribution is 0.0960. The highest BCUT2D eigenvalue weighted by Crippen LogP contribution is 2.18. The van der Waals surface area contributed by atoms with Gasteiger partial charge in [0.05, 0.1) is 10.7 Å². The molecular formula is C14H15N3O2S. The smallest absolute Gasteiger partial charge is 0.295 e. The first-order valence-electron chi connectivity index (χ1n) is 6.15. The summed E-state index contributed by atoms with van der Waals surface area (Å²) in [6.45, 7) is 2.13. The lowest BCUT2D eigenvalue weighted by atomic mass is 10.2. The number of thiocarbonyl (C=S) groups is 1. The number of hydrogen-bond acceptors (Lipinski definition) is 4. The van der Waals surface area contributed by atoms with E-state index >= 15 is 0 Å². The third kappa shape index (κ3) is 3.21. The molecular weight excluding hydrogens is 274 g/mol. The predicted molar refractivity (Wildman–Crippen MR) is 80.8 cm³/mol. The van der Waals surface area contributed by atoms with Gasteiger partial charge in [-0.1, -0.05) is 30.4 Å². The van der Waals surface area contributed by atoms with Gasteiger partial charge in [-0.3, -0.25) is 4.79 Å². The molecule has 1 heterocycles. The number of hydrogen-bond donors (Lipinski definition) is 1. The second-order valence-electron chi connectivity index (χ2n) is 4.28. The Morgan fingerprint density at radius 2 is 2.10 bits per heavy atom. The molecule has 1 aromatic heterocycles. The summed E-state index contributed by atoms with van der Waals surface area (Å²) < 4.78 is 5.17. The number of aryl methyl sites for hydroxylation is 1. The number of anilines is 1. The number of nitrogens with two attached hydrogens (primary N) is 1. The van der Waals surface area contributed by atoms with E-state index in [0.29, 0.717) is 23.6 Å². The molecule has 0 aliphatic rings. The van der Waals surface area contributed by atoms with Crippen LogP contribution in [-0.4, -0.2) is 22.4 Å². The number of amides is 1. The number of carbonyl (C=O) groups excluding carboxylic acids is 1. The van der Waals surface area contributed by atoms with Gasteiger partial charge in [-0.15, -0.1) is 0 Å². The summed E-state index contributed by atoms with van der Waals surface area (Å²) in [5.41, 5.74) is 6.85. The fraction of sp³-hybridized carbons (Fsp3) is 0.214. The molecule has 1 aromatic carbocycles. The van der Waals surface area contributed by atoms with Crippen molar-refractivity contribution in [1.82, 2.24) is 4.98 Å². The van der Waals surface area contributed by atoms with Gasteiger partial charge in [0.1, 0.15) is 0 Å². The summed E-state index contributed by atoms with van der Waals surface area (Å²) in [4.78, 5) is 18.5. The molecule has 0 fully saturated rings. The molecule has 0 aliphatic heterocycles. The van der Waals surface area contributed by atoms with E-state index in [1.165, 1.54) is 6.39 Å². The molecule has 104 valence electrons. The summed E-state index contributed by atoms with van der Waals surface area (Å²) in [7, 11) is 0. The van der Waals surface area contributed by atoms with E-state index in [9.17, 15) is 4.79 Å². The molecule has 5 nitrogen and oxygen atoms in total. The average molecular weight is 289 g/mol. The van der Waals surface area contributed by atoms with Crippen LogP contribution in [0.3, 0.4) is 0 Å². The lowest BCUT2D eigenvalue weighted by Gasteiger charge is -2.21. The fourth-order valence-electron chi connectivity index (χ4n) is 1.81. The maximum atomic E-state index is 12.5. The minimum absolute atomic E-state index is 0.233. The highest BCUT2D eigenvalue weighted by Gasteiger charge is 2.22. The van der Waals surface area contributed by atoms with E-state index in [1.807, 2.05) is 30.3 Å². The van der Waals surface area contributed by atoms with Crippen molar-refractivity contribution < 1.29 is 9.21 Å². The van der Waals surface area contributed by atoms with Crippen LogP contribution in [0.25, 0.3) is 0 Å². The monoisotopic (exact) mass is 289 g/mol. The van der Waals surface area contributed by atoms with Gasteiger partial charge in [-0.2, -0.15) is 0 Å². The second-order valence-corrected chi connectivity index (χ2v) is 4.80. The van der Waals surface area contributed by atoms with Crippen molar-refractivity contribution in [2.24, 2.45) is 5.73 Å². The zero-order valence-electron chi connectivity index (χ0n) is 11.1. The SMILES string of the molecule is Cc1ncoc1C(=O)N(CCC(N)=S)c1ccccc1. The van der Waals surface area contributed by atoms with Crippen molar-refractivity contribution >= 4 is 28.8 Å². The molecule has 0 radical (unpaired) electrons. The zero-order chi connectivity index (χ0) is 14.5. The Morgan fingerprint density at radius 1 is 1.40 bits per heavy atom. The van der Waals surface area contributed by atoms with Crippen LogP contribution in [0, 0.1) is 6.92 Å². The van der Waals surface area contributed by atoms with E-state index in [-0.39, 0.29) is 11.7 Å². The van der Waals surface area contributed by atoms with Gasteiger partial charge < -0.3 is 15.1 Å². The minimum Gasteiger partial charge on any atom is -0.438 e. The molecule has 20 heavy (non-hydrogen) atoms. The Kier molecular flexibility index (Phi) is 4.47. The Bertz CT molecular complexity index is 610. The van der Waals surface area contributed by atoms with Crippen molar-refractivity contribution in [2.45, 2.75) is 13.3 Å². The first kappa shape index (κ1) is 14.2. The van der Waals surface area contributed by atoms with Crippen LogP contribution in [0.15, 0.2) is 41.1 Å². The first-order chi connectivity index (χ1) is 9.59. The zero-order valence-corrected chi connectivity index (χ0v) is 11.9. The highest BCUT2D eigenvalue weighted by molar-refractivity contribution is 7.80. The van der Waals surface area contributed by atoms with Crippen molar-refractivity contribution in [3.05, 3.63) is 48.2 Å². The van der Waals surface area contributed by atoms with Crippen LogP contribution in [-0.2, 0) is 0 Å². The number of benzene rings is 1. The number of oxazole rings is 1. The van der Waals surface area contributed by atoms with Crippen LogP contribution in [0.4, 0.5) is 5.69 Å². The van der Waals surface area contributed by atoms with Gasteiger partial charge in [0.2, 0.25) is 5.76 Å². The van der Waals surface area contributed by atoms with E-state index < -0.39 is 0 Å². The van der Waals surface area contributed by atoms with Crippen molar-refractivity contribution in [3.8, 4) is 0 Å². The molecule has 0 atom stereocenters. The third-order valence-electron chi connectivity index (χ3n) is 2.83. The van der Waals surface area contributed by atoms with E-state index in [0.717, 1.165) is 5.69 Å². The summed E-state index contributed by atoms with van der Waals surface area (Å²) in [6.07, 6.45) is 1.71. The fourth-order valence-corrected chi connectivity index (χ4v) is 1.90. The molecule has 0 unspecified atom stereocenters. The average Bonchev–Trinajstić information content (AvgIpc) is 2.86. The van der Waals surface area contributed by atoms with Crippen LogP contribution in [0.2, 0.25) is 0 Å². The lowest BCUT2D eigenvalue weighted by Crippen LogP contribution is -2.34. The summed E-state index contributed by atoms with van der Waals surface area (Å²) >= 11 is 4.88. The Hall–Kier alpha value is -2.21. The van der Waals surface area contributed by atoms with Gasteiger partial charge in [-0.05, 0) is 19.1 Å². The number of carbonyl (C=O) groups is 1. The predicted octanol–water partition coefficient (Wildman–Crippen LogP) is 2.31. The summed E-state index contributed by atoms with van der Waals surface area (Å²) in [6, 6.07) is 9.32. The van der Waals surface area contributed by atoms with Gasteiger partial charge in [0.25, 0.3) is 5.91 Å². The summed E-state index contributed by atoms with van der Waals surface area (Å²) in [5.74, 6) is -0.0146. The largest absolute Gasteiger partial charge is 0.438 e. The Labute approximate surface area is 122 Å². The van der Waals surface area contributed by atoms with Crippen molar-refractivity contribution in [3.63, 3.8) is 0 Å². The maximum Gasteiger partial charge on any atom is 0.295 e. The number of nitrogens with zero attached hydrogens (tertiary/aromatic N) is 2. The first-order valence-corrected chi connectivity index (χ1v) is 6.55. The van der Waals surface area contributed by atoms with Crippen LogP contribution >= 0.6 is 12.2 Å². The molecule has 1 amide bonds. The molecule has 6 heteroatoms. The Balaban J connectivity index is 2.29. The highest BCUT2D eigenvalue weighted by atomic mass is 32.1. The van der Waals surface area contributed by atoms with Gasteiger partial charge in [-0.25, -0.2) is 4.98 Å². The van der Waals surface area contributed by atoms with E-state index in [2.05, 4.69) is 4.98 Å². The molecule has 2 aromatic rings. The standard InChI is InChI=1S/C14H15N3O2S/c1-10-13(19-9-16-10)14(18)17(8-7-12(15)20)11-5-3-2-4-6-11/h2-6,9H,7-8H2,1H3,(H2,15,20). The van der Waals surface area contributed by atoms with Crippen molar-refractivity contribution in [1.29, 1.82) is 0 Å². The van der Waals surface area contributed by atoms with Crippen LogP contribution in [0.5, 0.6) is 0 Å². The van der Waals surface area contributed by atoms with Gasteiger partial charge >= 0.3 is 0 Å². The molecule has 2 N–H and O–H groups in total. The quantitative estimate of drug-likeness (QED) is 0.855. The number of aromatic nitrogens is 1. The molecule has 0 saturated carbocycles. The minimum atomic E-state index is -0.248. The maximum absolute atomic E-state index is 12.5. The number of rotatable bonds is 5. The molecule has 0 aliphatic carbocycles. The van der Waals surface area contributed by atoms with Gasteiger partial charge in [0, 0.05) is 18.7 Å². The topological polar surface area (TPSA) is 72.4 Å². The normalized spacial score (nSPS) is 10.2. The molecule has 0 spiro atoms. The second kappa shape index (κ2) is 6.29. The van der Waals surface area contributed by atoms with Crippen molar-refractivity contribution in [2.75, 3.05) is 11.4 Å². The van der Waals surface area contributed by atoms with E-state index in [4.69, 9.17) is 22.4 Å². The van der Waals surface area contributed by atoms with E-state index in [1.54, 1.807) is 11.8 Å². The number of para-hydroxylation sites is 1. The Morgan fingerprint density at radius 3 is 2.65 bits per heavy atom. The van der Waals surface area contributed by atoms with Gasteiger partial charge in [0.15, 0.2) is 6.39 Å².